The molecule has 0 bridgehead atoms. The van der Waals surface area contributed by atoms with Crippen molar-refractivity contribution in [3.8, 4) is 0 Å². The van der Waals surface area contributed by atoms with E-state index in [1.165, 1.54) is 0 Å². The van der Waals surface area contributed by atoms with E-state index in [-0.39, 0.29) is 36.2 Å². The van der Waals surface area contributed by atoms with Crippen LogP contribution in [0.1, 0.15) is 55.1 Å². The Hall–Kier alpha value is -2.67. The van der Waals surface area contributed by atoms with Crippen LogP contribution in [0.3, 0.4) is 0 Å². The van der Waals surface area contributed by atoms with Crippen molar-refractivity contribution in [3.05, 3.63) is 70.2 Å². The van der Waals surface area contributed by atoms with Gasteiger partial charge in [0.2, 0.25) is 5.91 Å². The molecule has 1 atom stereocenters. The minimum atomic E-state index is -0.181. The van der Waals surface area contributed by atoms with Crippen LogP contribution in [0.25, 0.3) is 0 Å². The molecule has 0 aromatic heterocycles. The number of carbonyl (C=O) groups excluding carboxylic acids is 3. The lowest BCUT2D eigenvalue weighted by Crippen LogP contribution is -2.42. The fourth-order valence-corrected chi connectivity index (χ4v) is 4.57. The van der Waals surface area contributed by atoms with E-state index in [1.807, 2.05) is 49.4 Å². The number of piperidine rings is 1. The van der Waals surface area contributed by atoms with E-state index < -0.39 is 0 Å². The Morgan fingerprint density at radius 1 is 1.09 bits per heavy atom. The Labute approximate surface area is 204 Å². The number of ether oxygens (including phenoxy) is 1. The summed E-state index contributed by atoms with van der Waals surface area (Å²) in [6.07, 6.45) is 1.47. The molecule has 33 heavy (non-hydrogen) atoms. The first-order valence-electron chi connectivity index (χ1n) is 11.5. The molecule has 1 fully saturated rings. The predicted molar refractivity (Wildman–Crippen MR) is 131 cm³/mol. The van der Waals surface area contributed by atoms with Gasteiger partial charge in [-0.3, -0.25) is 14.4 Å². The minimum absolute atomic E-state index is 0.00427. The van der Waals surface area contributed by atoms with E-state index in [1.54, 1.807) is 28.9 Å². The van der Waals surface area contributed by atoms with E-state index in [0.29, 0.717) is 44.6 Å². The molecular weight excluding hydrogens is 484 g/mol. The lowest BCUT2D eigenvalue weighted by molar-refractivity contribution is -0.151. The molecule has 0 N–H and O–H groups in total. The number of benzene rings is 2. The van der Waals surface area contributed by atoms with Crippen molar-refractivity contribution < 1.29 is 19.1 Å². The molecule has 1 aliphatic heterocycles. The van der Waals surface area contributed by atoms with Crippen molar-refractivity contribution in [2.24, 2.45) is 5.92 Å². The molecule has 1 heterocycles. The van der Waals surface area contributed by atoms with Gasteiger partial charge in [0.15, 0.2) is 0 Å². The van der Waals surface area contributed by atoms with Gasteiger partial charge in [-0.1, -0.05) is 52.3 Å². The van der Waals surface area contributed by atoms with Crippen LogP contribution in [0.2, 0.25) is 0 Å². The van der Waals surface area contributed by atoms with Crippen molar-refractivity contribution in [1.82, 2.24) is 9.80 Å². The number of rotatable bonds is 8. The molecule has 1 aliphatic rings. The number of hydrogen-bond donors (Lipinski definition) is 0. The number of halogens is 1. The zero-order chi connectivity index (χ0) is 23.8. The van der Waals surface area contributed by atoms with Gasteiger partial charge in [0.1, 0.15) is 0 Å². The topological polar surface area (TPSA) is 66.9 Å². The summed E-state index contributed by atoms with van der Waals surface area (Å²) >= 11 is 3.44. The second-order valence-electron chi connectivity index (χ2n) is 8.25. The highest BCUT2D eigenvalue weighted by molar-refractivity contribution is 9.10. The molecule has 0 saturated carbocycles. The molecule has 2 amide bonds. The second kappa shape index (κ2) is 12.0. The maximum absolute atomic E-state index is 13.4. The van der Waals surface area contributed by atoms with Crippen molar-refractivity contribution >= 4 is 33.7 Å². The first kappa shape index (κ1) is 25.0. The zero-order valence-electron chi connectivity index (χ0n) is 19.2. The molecule has 2 aromatic carbocycles. The third-order valence-electron chi connectivity index (χ3n) is 6.12. The van der Waals surface area contributed by atoms with Gasteiger partial charge in [-0.25, -0.2) is 0 Å². The summed E-state index contributed by atoms with van der Waals surface area (Å²) in [5.41, 5.74) is 1.60. The van der Waals surface area contributed by atoms with Crippen molar-refractivity contribution in [2.45, 2.75) is 39.2 Å². The highest BCUT2D eigenvalue weighted by Gasteiger charge is 2.29. The molecular formula is C26H31BrN2O4. The number of carbonyl (C=O) groups is 3. The fraction of sp³-hybridized carbons (Fsp3) is 0.423. The first-order chi connectivity index (χ1) is 15.9. The molecule has 7 heteroatoms. The van der Waals surface area contributed by atoms with Gasteiger partial charge in [0.25, 0.3) is 5.91 Å². The Morgan fingerprint density at radius 3 is 2.42 bits per heavy atom. The number of likely N-dealkylation sites (tertiary alicyclic amines) is 1. The molecule has 1 unspecified atom stereocenters. The highest BCUT2D eigenvalue weighted by atomic mass is 79.9. The number of esters is 1. The van der Waals surface area contributed by atoms with Gasteiger partial charge in [0, 0.05) is 36.1 Å². The molecule has 6 nitrogen and oxygen atoms in total. The van der Waals surface area contributed by atoms with E-state index in [9.17, 15) is 14.4 Å². The summed E-state index contributed by atoms with van der Waals surface area (Å²) in [5, 5.41) is 0. The number of hydrogen-bond acceptors (Lipinski definition) is 4. The van der Waals surface area contributed by atoms with Crippen molar-refractivity contribution in [1.29, 1.82) is 0 Å². The Balaban J connectivity index is 1.67. The minimum Gasteiger partial charge on any atom is -0.466 e. The summed E-state index contributed by atoms with van der Waals surface area (Å²) in [6, 6.07) is 17.0. The number of amides is 2. The van der Waals surface area contributed by atoms with Crippen molar-refractivity contribution in [2.75, 3.05) is 26.2 Å². The molecule has 176 valence electrons. The standard InChI is InChI=1S/C26H31BrN2O4/c1-3-33-26(32)21-12-15-28(16-13-21)24(30)14-17-29(19(2)20-8-5-4-6-9-20)25(31)22-10-7-11-23(27)18-22/h4-11,18-19,21H,3,12-17H2,1-2H3. The van der Waals surface area contributed by atoms with E-state index >= 15 is 0 Å². The van der Waals surface area contributed by atoms with Crippen molar-refractivity contribution in [3.63, 3.8) is 0 Å². The number of nitrogens with zero attached hydrogens (tertiary/aromatic N) is 2. The van der Waals surface area contributed by atoms with Crippen LogP contribution in [0.4, 0.5) is 0 Å². The van der Waals surface area contributed by atoms with Crippen LogP contribution in [0, 0.1) is 5.92 Å². The van der Waals surface area contributed by atoms with Crippen LogP contribution in [-0.4, -0.2) is 53.8 Å². The molecule has 3 rings (SSSR count). The maximum atomic E-state index is 13.4. The normalized spacial score (nSPS) is 15.1. The van der Waals surface area contributed by atoms with Crippen LogP contribution >= 0.6 is 15.9 Å². The van der Waals surface area contributed by atoms with E-state index in [4.69, 9.17) is 4.74 Å². The smallest absolute Gasteiger partial charge is 0.309 e. The van der Waals surface area contributed by atoms with E-state index in [0.717, 1.165) is 10.0 Å². The maximum Gasteiger partial charge on any atom is 0.309 e. The van der Waals surface area contributed by atoms with Gasteiger partial charge in [-0.15, -0.1) is 0 Å². The average molecular weight is 515 g/mol. The summed E-state index contributed by atoms with van der Waals surface area (Å²) in [7, 11) is 0. The van der Waals surface area contributed by atoms with Crippen LogP contribution < -0.4 is 0 Å². The molecule has 2 aromatic rings. The van der Waals surface area contributed by atoms with Crippen LogP contribution in [-0.2, 0) is 14.3 Å². The van der Waals surface area contributed by atoms with Crippen LogP contribution in [0.15, 0.2) is 59.1 Å². The molecule has 1 saturated heterocycles. The quantitative estimate of drug-likeness (QED) is 0.472. The zero-order valence-corrected chi connectivity index (χ0v) is 20.8. The Morgan fingerprint density at radius 2 is 1.79 bits per heavy atom. The van der Waals surface area contributed by atoms with Gasteiger partial charge < -0.3 is 14.5 Å². The van der Waals surface area contributed by atoms with E-state index in [2.05, 4.69) is 15.9 Å². The van der Waals surface area contributed by atoms with Gasteiger partial charge in [-0.2, -0.15) is 0 Å². The lowest BCUT2D eigenvalue weighted by Gasteiger charge is -2.33. The third kappa shape index (κ3) is 6.67. The summed E-state index contributed by atoms with van der Waals surface area (Å²) < 4.78 is 5.95. The SMILES string of the molecule is CCOC(=O)C1CCN(C(=O)CCN(C(=O)c2cccc(Br)c2)C(C)c2ccccc2)CC1. The summed E-state index contributed by atoms with van der Waals surface area (Å²) in [4.78, 5) is 41.9. The Kier molecular flexibility index (Phi) is 9.06. The fourth-order valence-electron chi connectivity index (χ4n) is 4.17. The van der Waals surface area contributed by atoms with Gasteiger partial charge >= 0.3 is 5.97 Å². The third-order valence-corrected chi connectivity index (χ3v) is 6.61. The van der Waals surface area contributed by atoms with Gasteiger partial charge in [0.05, 0.1) is 18.6 Å². The second-order valence-corrected chi connectivity index (χ2v) is 9.17. The van der Waals surface area contributed by atoms with Gasteiger partial charge in [-0.05, 0) is 50.5 Å². The lowest BCUT2D eigenvalue weighted by atomic mass is 9.97. The molecule has 0 radical (unpaired) electrons. The molecule has 0 aliphatic carbocycles. The monoisotopic (exact) mass is 514 g/mol. The predicted octanol–water partition coefficient (Wildman–Crippen LogP) is 4.84. The Bertz CT molecular complexity index is 958. The average Bonchev–Trinajstić information content (AvgIpc) is 2.84. The highest BCUT2D eigenvalue weighted by Crippen LogP contribution is 2.25. The largest absolute Gasteiger partial charge is 0.466 e. The van der Waals surface area contributed by atoms with Crippen LogP contribution in [0.5, 0.6) is 0 Å². The first-order valence-corrected chi connectivity index (χ1v) is 12.3. The molecule has 0 spiro atoms. The summed E-state index contributed by atoms with van der Waals surface area (Å²) in [5.74, 6) is -0.417. The summed E-state index contributed by atoms with van der Waals surface area (Å²) in [6.45, 7) is 5.55.